The number of carbonyl (C=O) groups is 2. The minimum atomic E-state index is -3.43. The molecule has 19 heavy (non-hydrogen) atoms. The van der Waals surface area contributed by atoms with Gasteiger partial charge >= 0.3 is 12.0 Å². The minimum absolute atomic E-state index is 0.0302. The molecule has 0 saturated carbocycles. The van der Waals surface area contributed by atoms with Crippen LogP contribution in [0.3, 0.4) is 0 Å². The molecule has 0 spiro atoms. The van der Waals surface area contributed by atoms with E-state index in [4.69, 9.17) is 5.11 Å². The number of carboxylic acid groups (broad SMARTS) is 1. The second-order valence-electron chi connectivity index (χ2n) is 4.15. The first kappa shape index (κ1) is 15.7. The van der Waals surface area contributed by atoms with Crippen molar-refractivity contribution in [1.29, 1.82) is 0 Å². The van der Waals surface area contributed by atoms with E-state index in [2.05, 4.69) is 10.0 Å². The number of aliphatic hydroxyl groups excluding tert-OH is 1. The third kappa shape index (κ3) is 4.33. The topological polar surface area (TPSA) is 136 Å². The zero-order valence-corrected chi connectivity index (χ0v) is 11.2. The highest BCUT2D eigenvalue weighted by molar-refractivity contribution is 7.89. The van der Waals surface area contributed by atoms with Crippen molar-refractivity contribution >= 4 is 22.0 Å². The molecule has 2 amide bonds. The van der Waals surface area contributed by atoms with Crippen LogP contribution in [0.15, 0.2) is 0 Å². The molecule has 110 valence electrons. The lowest BCUT2D eigenvalue weighted by atomic mass is 10.2. The molecule has 0 aromatic carbocycles. The zero-order valence-electron chi connectivity index (χ0n) is 10.4. The van der Waals surface area contributed by atoms with E-state index in [1.165, 1.54) is 7.05 Å². The van der Waals surface area contributed by atoms with Gasteiger partial charge in [0.2, 0.25) is 10.0 Å². The van der Waals surface area contributed by atoms with Gasteiger partial charge in [-0.25, -0.2) is 22.7 Å². The Kier molecular flexibility index (Phi) is 5.09. The normalized spacial score (nSPS) is 23.4. The number of hydrogen-bond acceptors (Lipinski definition) is 5. The maximum absolute atomic E-state index is 11.7. The molecule has 0 radical (unpaired) electrons. The fourth-order valence-electron chi connectivity index (χ4n) is 1.77. The van der Waals surface area contributed by atoms with E-state index in [0.29, 0.717) is 0 Å². The molecule has 1 aliphatic rings. The summed E-state index contributed by atoms with van der Waals surface area (Å²) in [5, 5.41) is 20.6. The smallest absolute Gasteiger partial charge is 0.326 e. The van der Waals surface area contributed by atoms with Crippen LogP contribution in [0.1, 0.15) is 6.42 Å². The molecule has 2 atom stereocenters. The van der Waals surface area contributed by atoms with Gasteiger partial charge in [0.1, 0.15) is 6.04 Å². The molecule has 0 aromatic heterocycles. The Bertz CT molecular complexity index is 451. The summed E-state index contributed by atoms with van der Waals surface area (Å²) in [6, 6.07) is -1.79. The van der Waals surface area contributed by atoms with Crippen molar-refractivity contribution in [2.45, 2.75) is 18.6 Å². The van der Waals surface area contributed by atoms with Gasteiger partial charge in [-0.05, 0) is 7.05 Å². The van der Waals surface area contributed by atoms with E-state index in [-0.39, 0.29) is 25.3 Å². The SMILES string of the molecule is CNS(=O)(=O)CCNC(=O)N1C[C@H](O)C[C@@H]1C(=O)O. The number of aliphatic carboxylic acids is 1. The summed E-state index contributed by atoms with van der Waals surface area (Å²) in [6.07, 6.45) is -0.912. The third-order valence-electron chi connectivity index (χ3n) is 2.78. The van der Waals surface area contributed by atoms with Crippen molar-refractivity contribution in [2.75, 3.05) is 25.9 Å². The highest BCUT2D eigenvalue weighted by Gasteiger charge is 2.38. The Morgan fingerprint density at radius 2 is 2.05 bits per heavy atom. The molecular formula is C9H17N3O6S. The predicted molar refractivity (Wildman–Crippen MR) is 65.0 cm³/mol. The number of likely N-dealkylation sites (tertiary alicyclic amines) is 1. The van der Waals surface area contributed by atoms with Crippen LogP contribution >= 0.6 is 0 Å². The molecule has 0 bridgehead atoms. The Labute approximate surface area is 110 Å². The quantitative estimate of drug-likeness (QED) is 0.453. The number of rotatable bonds is 5. The Hall–Kier alpha value is -1.39. The summed E-state index contributed by atoms with van der Waals surface area (Å²) in [4.78, 5) is 23.6. The third-order valence-corrected chi connectivity index (χ3v) is 4.15. The number of carbonyl (C=O) groups excluding carboxylic acids is 1. The summed E-state index contributed by atoms with van der Waals surface area (Å²) < 4.78 is 24.3. The summed E-state index contributed by atoms with van der Waals surface area (Å²) in [6.45, 7) is -0.220. The van der Waals surface area contributed by atoms with Crippen LogP contribution in [0, 0.1) is 0 Å². The number of aliphatic hydroxyl groups is 1. The Morgan fingerprint density at radius 3 is 2.58 bits per heavy atom. The monoisotopic (exact) mass is 295 g/mol. The van der Waals surface area contributed by atoms with E-state index in [1.54, 1.807) is 0 Å². The molecule has 0 aromatic rings. The van der Waals surface area contributed by atoms with Gasteiger partial charge in [0.15, 0.2) is 0 Å². The highest BCUT2D eigenvalue weighted by atomic mass is 32.2. The second kappa shape index (κ2) is 6.17. The van der Waals surface area contributed by atoms with Gasteiger partial charge in [0.25, 0.3) is 0 Å². The lowest BCUT2D eigenvalue weighted by Gasteiger charge is -2.21. The maximum atomic E-state index is 11.7. The molecule has 9 nitrogen and oxygen atoms in total. The van der Waals surface area contributed by atoms with Crippen LogP contribution in [0.5, 0.6) is 0 Å². The van der Waals surface area contributed by atoms with E-state index in [9.17, 15) is 23.1 Å². The molecule has 1 saturated heterocycles. The standard InChI is InChI=1S/C9H17N3O6S/c1-10-19(17,18)3-2-11-9(16)12-5-6(13)4-7(12)8(14)15/h6-7,10,13H,2-5H2,1H3,(H,11,16)(H,14,15)/t6-,7-/m1/s1. The average molecular weight is 295 g/mol. The Balaban J connectivity index is 2.51. The summed E-state index contributed by atoms with van der Waals surface area (Å²) in [7, 11) is -2.17. The molecule has 1 aliphatic heterocycles. The van der Waals surface area contributed by atoms with Gasteiger partial charge in [0, 0.05) is 19.5 Å². The van der Waals surface area contributed by atoms with Gasteiger partial charge in [0.05, 0.1) is 11.9 Å². The van der Waals surface area contributed by atoms with Gasteiger partial charge in [-0.3, -0.25) is 0 Å². The van der Waals surface area contributed by atoms with Crippen molar-refractivity contribution in [3.8, 4) is 0 Å². The average Bonchev–Trinajstić information content (AvgIpc) is 2.71. The fourth-order valence-corrected chi connectivity index (χ4v) is 2.34. The van der Waals surface area contributed by atoms with Crippen molar-refractivity contribution in [2.24, 2.45) is 0 Å². The van der Waals surface area contributed by atoms with Crippen molar-refractivity contribution in [1.82, 2.24) is 14.9 Å². The van der Waals surface area contributed by atoms with Crippen LogP contribution in [0.2, 0.25) is 0 Å². The number of β-amino-alcohol motifs (C(OH)–C–C–N with tert-alkyl or cyclic N) is 1. The molecule has 1 heterocycles. The zero-order chi connectivity index (χ0) is 14.6. The number of nitrogens with one attached hydrogen (secondary N) is 2. The molecule has 4 N–H and O–H groups in total. The number of sulfonamides is 1. The van der Waals surface area contributed by atoms with Crippen LogP contribution < -0.4 is 10.0 Å². The first-order chi connectivity index (χ1) is 8.76. The number of nitrogens with zero attached hydrogens (tertiary/aromatic N) is 1. The number of carboxylic acids is 1. The van der Waals surface area contributed by atoms with Crippen LogP contribution in [0.25, 0.3) is 0 Å². The molecule has 10 heteroatoms. The van der Waals surface area contributed by atoms with E-state index in [0.717, 1.165) is 4.90 Å². The largest absolute Gasteiger partial charge is 0.480 e. The lowest BCUT2D eigenvalue weighted by molar-refractivity contribution is -0.141. The van der Waals surface area contributed by atoms with Crippen LogP contribution in [0.4, 0.5) is 4.79 Å². The summed E-state index contributed by atoms with van der Waals surface area (Å²) in [5.74, 6) is -1.50. The molecule has 1 fully saturated rings. The lowest BCUT2D eigenvalue weighted by Crippen LogP contribution is -2.47. The number of hydrogen-bond donors (Lipinski definition) is 4. The number of urea groups is 1. The first-order valence-corrected chi connectivity index (χ1v) is 7.28. The first-order valence-electron chi connectivity index (χ1n) is 5.63. The summed E-state index contributed by atoms with van der Waals surface area (Å²) >= 11 is 0. The van der Waals surface area contributed by atoms with Crippen LogP contribution in [-0.4, -0.2) is 73.6 Å². The van der Waals surface area contributed by atoms with Crippen molar-refractivity contribution < 1.29 is 28.2 Å². The minimum Gasteiger partial charge on any atom is -0.480 e. The molecule has 0 unspecified atom stereocenters. The van der Waals surface area contributed by atoms with Gasteiger partial charge in [-0.15, -0.1) is 0 Å². The van der Waals surface area contributed by atoms with Gasteiger partial charge in [-0.2, -0.15) is 0 Å². The van der Waals surface area contributed by atoms with Crippen molar-refractivity contribution in [3.63, 3.8) is 0 Å². The highest BCUT2D eigenvalue weighted by Crippen LogP contribution is 2.17. The van der Waals surface area contributed by atoms with E-state index in [1.807, 2.05) is 0 Å². The molecule has 0 aliphatic carbocycles. The van der Waals surface area contributed by atoms with Gasteiger partial charge < -0.3 is 20.4 Å². The molecular weight excluding hydrogens is 278 g/mol. The van der Waals surface area contributed by atoms with Crippen molar-refractivity contribution in [3.05, 3.63) is 0 Å². The van der Waals surface area contributed by atoms with E-state index >= 15 is 0 Å². The fraction of sp³-hybridized carbons (Fsp3) is 0.778. The summed E-state index contributed by atoms with van der Waals surface area (Å²) in [5.41, 5.74) is 0. The predicted octanol–water partition coefficient (Wildman–Crippen LogP) is -2.23. The van der Waals surface area contributed by atoms with Crippen LogP contribution in [-0.2, 0) is 14.8 Å². The number of amides is 2. The maximum Gasteiger partial charge on any atom is 0.326 e. The van der Waals surface area contributed by atoms with Gasteiger partial charge in [-0.1, -0.05) is 0 Å². The molecule has 1 rings (SSSR count). The van der Waals surface area contributed by atoms with E-state index < -0.39 is 34.2 Å². The second-order valence-corrected chi connectivity index (χ2v) is 6.20. The Morgan fingerprint density at radius 1 is 1.42 bits per heavy atom.